The Bertz CT molecular complexity index is 1090. The molecule has 0 bridgehead atoms. The molecule has 0 radical (unpaired) electrons. The zero-order valence-corrected chi connectivity index (χ0v) is 15.5. The van der Waals surface area contributed by atoms with Gasteiger partial charge in [-0.2, -0.15) is 13.2 Å². The predicted octanol–water partition coefficient (Wildman–Crippen LogP) is 5.15. The average Bonchev–Trinajstić information content (AvgIpc) is 3.37. The number of urea groups is 1. The van der Waals surface area contributed by atoms with Crippen LogP contribution >= 0.6 is 0 Å². The zero-order valence-electron chi connectivity index (χ0n) is 15.5. The van der Waals surface area contributed by atoms with E-state index in [1.165, 1.54) is 29.4 Å². The SMILES string of the molecule is O=C(Nc1ccc2c(c1)N(C(=O)c1ccco1)CC2)Nc1ccccc1C(F)(F)F. The number of furan rings is 1. The first-order valence-corrected chi connectivity index (χ1v) is 9.05. The number of fused-ring (bicyclic) bond motifs is 1. The Morgan fingerprint density at radius 1 is 1.00 bits per heavy atom. The van der Waals surface area contributed by atoms with Crippen LogP contribution < -0.4 is 15.5 Å². The second-order valence-corrected chi connectivity index (χ2v) is 6.65. The van der Waals surface area contributed by atoms with Crippen LogP contribution in [0.5, 0.6) is 0 Å². The minimum Gasteiger partial charge on any atom is -0.459 e. The van der Waals surface area contributed by atoms with Crippen molar-refractivity contribution in [3.05, 3.63) is 77.7 Å². The van der Waals surface area contributed by atoms with Gasteiger partial charge in [-0.3, -0.25) is 4.79 Å². The Morgan fingerprint density at radius 2 is 1.80 bits per heavy atom. The van der Waals surface area contributed by atoms with Crippen LogP contribution in [-0.4, -0.2) is 18.5 Å². The summed E-state index contributed by atoms with van der Waals surface area (Å²) in [6, 6.07) is 12.1. The minimum absolute atomic E-state index is 0.197. The van der Waals surface area contributed by atoms with Crippen LogP contribution in [0.1, 0.15) is 21.7 Å². The first-order chi connectivity index (χ1) is 14.3. The summed E-state index contributed by atoms with van der Waals surface area (Å²) < 4.78 is 44.4. The maximum atomic E-state index is 13.1. The third-order valence-electron chi connectivity index (χ3n) is 4.70. The number of hydrogen-bond acceptors (Lipinski definition) is 3. The van der Waals surface area contributed by atoms with Crippen LogP contribution in [0.4, 0.5) is 35.0 Å². The highest BCUT2D eigenvalue weighted by molar-refractivity contribution is 6.06. The summed E-state index contributed by atoms with van der Waals surface area (Å²) >= 11 is 0. The summed E-state index contributed by atoms with van der Waals surface area (Å²) in [5, 5.41) is 4.74. The molecule has 0 spiro atoms. The van der Waals surface area contributed by atoms with Gasteiger partial charge in [0, 0.05) is 17.9 Å². The van der Waals surface area contributed by atoms with Gasteiger partial charge in [0.15, 0.2) is 5.76 Å². The zero-order chi connectivity index (χ0) is 21.3. The van der Waals surface area contributed by atoms with Gasteiger partial charge >= 0.3 is 12.2 Å². The van der Waals surface area contributed by atoms with E-state index in [4.69, 9.17) is 4.42 Å². The second kappa shape index (κ2) is 7.58. The summed E-state index contributed by atoms with van der Waals surface area (Å²) in [7, 11) is 0. The molecule has 2 heterocycles. The van der Waals surface area contributed by atoms with E-state index in [0.717, 1.165) is 11.6 Å². The van der Waals surface area contributed by atoms with E-state index in [-0.39, 0.29) is 17.4 Å². The molecule has 0 saturated carbocycles. The van der Waals surface area contributed by atoms with Crippen molar-refractivity contribution in [2.75, 3.05) is 22.1 Å². The topological polar surface area (TPSA) is 74.6 Å². The Kier molecular flexibility index (Phi) is 4.94. The number of rotatable bonds is 3. The van der Waals surface area contributed by atoms with Gasteiger partial charge in [0.05, 0.1) is 17.5 Å². The van der Waals surface area contributed by atoms with Crippen molar-refractivity contribution in [2.24, 2.45) is 0 Å². The number of benzene rings is 2. The van der Waals surface area contributed by atoms with Gasteiger partial charge in [-0.1, -0.05) is 18.2 Å². The smallest absolute Gasteiger partial charge is 0.418 e. The van der Waals surface area contributed by atoms with E-state index in [2.05, 4.69) is 10.6 Å². The lowest BCUT2D eigenvalue weighted by Gasteiger charge is -2.17. The molecule has 2 aromatic carbocycles. The molecule has 2 N–H and O–H groups in total. The van der Waals surface area contributed by atoms with E-state index >= 15 is 0 Å². The third kappa shape index (κ3) is 3.86. The molecule has 0 fully saturated rings. The van der Waals surface area contributed by atoms with Gasteiger partial charge in [0.1, 0.15) is 0 Å². The first kappa shape index (κ1) is 19.6. The summed E-state index contributed by atoms with van der Waals surface area (Å²) in [5.74, 6) is -0.109. The maximum Gasteiger partial charge on any atom is 0.418 e. The third-order valence-corrected chi connectivity index (χ3v) is 4.70. The molecule has 1 aliphatic rings. The lowest BCUT2D eigenvalue weighted by molar-refractivity contribution is -0.136. The van der Waals surface area contributed by atoms with Gasteiger partial charge < -0.3 is 20.0 Å². The van der Waals surface area contributed by atoms with Crippen molar-refractivity contribution >= 4 is 29.0 Å². The number of nitrogens with one attached hydrogen (secondary N) is 2. The monoisotopic (exact) mass is 415 g/mol. The molecule has 1 aromatic heterocycles. The Hall–Kier alpha value is -3.75. The molecule has 30 heavy (non-hydrogen) atoms. The van der Waals surface area contributed by atoms with Crippen molar-refractivity contribution in [1.29, 1.82) is 0 Å². The quantitative estimate of drug-likeness (QED) is 0.622. The lowest BCUT2D eigenvalue weighted by Crippen LogP contribution is -2.28. The van der Waals surface area contributed by atoms with Gasteiger partial charge in [0.25, 0.3) is 5.91 Å². The van der Waals surface area contributed by atoms with E-state index < -0.39 is 17.8 Å². The molecule has 154 valence electrons. The summed E-state index contributed by atoms with van der Waals surface area (Å²) in [6.07, 6.45) is -2.54. The van der Waals surface area contributed by atoms with E-state index in [0.29, 0.717) is 24.3 Å². The predicted molar refractivity (Wildman–Crippen MR) is 105 cm³/mol. The van der Waals surface area contributed by atoms with Crippen LogP contribution in [0.3, 0.4) is 0 Å². The molecule has 0 unspecified atom stereocenters. The number of carbonyl (C=O) groups is 2. The van der Waals surface area contributed by atoms with Crippen LogP contribution in [0.2, 0.25) is 0 Å². The minimum atomic E-state index is -4.59. The molecular weight excluding hydrogens is 399 g/mol. The van der Waals surface area contributed by atoms with Crippen LogP contribution in [0, 0.1) is 0 Å². The van der Waals surface area contributed by atoms with Crippen LogP contribution in [-0.2, 0) is 12.6 Å². The van der Waals surface area contributed by atoms with E-state index in [1.54, 1.807) is 30.3 Å². The van der Waals surface area contributed by atoms with Crippen molar-refractivity contribution < 1.29 is 27.2 Å². The fourth-order valence-corrected chi connectivity index (χ4v) is 3.33. The van der Waals surface area contributed by atoms with Crippen molar-refractivity contribution in [1.82, 2.24) is 0 Å². The number of amides is 3. The van der Waals surface area contributed by atoms with Crippen molar-refractivity contribution in [3.8, 4) is 0 Å². The Morgan fingerprint density at radius 3 is 2.53 bits per heavy atom. The Labute approximate surface area is 169 Å². The number of para-hydroxylation sites is 1. The van der Waals surface area contributed by atoms with Gasteiger partial charge in [0.2, 0.25) is 0 Å². The average molecular weight is 415 g/mol. The molecule has 0 aliphatic carbocycles. The molecule has 9 heteroatoms. The molecular formula is C21H16F3N3O3. The molecule has 0 saturated heterocycles. The largest absolute Gasteiger partial charge is 0.459 e. The number of carbonyl (C=O) groups excluding carboxylic acids is 2. The summed E-state index contributed by atoms with van der Waals surface area (Å²) in [4.78, 5) is 26.4. The summed E-state index contributed by atoms with van der Waals surface area (Å²) in [5.41, 5.74) is 0.589. The molecule has 4 rings (SSSR count). The Balaban J connectivity index is 1.51. The molecule has 0 atom stereocenters. The van der Waals surface area contributed by atoms with Gasteiger partial charge in [-0.05, 0) is 48.4 Å². The van der Waals surface area contributed by atoms with Crippen molar-refractivity contribution in [2.45, 2.75) is 12.6 Å². The van der Waals surface area contributed by atoms with E-state index in [9.17, 15) is 22.8 Å². The normalized spacial score (nSPS) is 13.1. The highest BCUT2D eigenvalue weighted by Gasteiger charge is 2.33. The van der Waals surface area contributed by atoms with Crippen LogP contribution in [0.15, 0.2) is 65.3 Å². The number of nitrogens with zero attached hydrogens (tertiary/aromatic N) is 1. The number of anilines is 3. The molecule has 6 nitrogen and oxygen atoms in total. The highest BCUT2D eigenvalue weighted by atomic mass is 19.4. The van der Waals surface area contributed by atoms with Gasteiger partial charge in [-0.15, -0.1) is 0 Å². The maximum absolute atomic E-state index is 13.1. The fourth-order valence-electron chi connectivity index (χ4n) is 3.33. The van der Waals surface area contributed by atoms with Gasteiger partial charge in [-0.25, -0.2) is 4.79 Å². The second-order valence-electron chi connectivity index (χ2n) is 6.65. The highest BCUT2D eigenvalue weighted by Crippen LogP contribution is 2.35. The van der Waals surface area contributed by atoms with Crippen molar-refractivity contribution in [3.63, 3.8) is 0 Å². The van der Waals surface area contributed by atoms with E-state index in [1.807, 2.05) is 0 Å². The fraction of sp³-hybridized carbons (Fsp3) is 0.143. The van der Waals surface area contributed by atoms with Crippen LogP contribution in [0.25, 0.3) is 0 Å². The first-order valence-electron chi connectivity index (χ1n) is 9.05. The number of alkyl halides is 3. The molecule has 3 amide bonds. The lowest BCUT2D eigenvalue weighted by atomic mass is 10.1. The molecule has 1 aliphatic heterocycles. The molecule has 3 aromatic rings. The standard InChI is InChI=1S/C21H16F3N3O3/c22-21(23,24)15-4-1-2-5-16(15)26-20(29)25-14-8-7-13-9-10-27(17(13)12-14)19(28)18-6-3-11-30-18/h1-8,11-12H,9-10H2,(H2,25,26,29). The number of hydrogen-bond donors (Lipinski definition) is 2. The summed E-state index contributed by atoms with van der Waals surface area (Å²) in [6.45, 7) is 0.462. The number of halogens is 3.